The summed E-state index contributed by atoms with van der Waals surface area (Å²) in [6, 6.07) is 0. The van der Waals surface area contributed by atoms with Gasteiger partial charge in [0.25, 0.3) is 0 Å². The van der Waals surface area contributed by atoms with Crippen molar-refractivity contribution in [2.45, 2.75) is 58.1 Å². The fourth-order valence-electron chi connectivity index (χ4n) is 3.41. The predicted octanol–water partition coefficient (Wildman–Crippen LogP) is 1.92. The molecule has 0 aromatic carbocycles. The highest BCUT2D eigenvalue weighted by atomic mass is 16.5. The summed E-state index contributed by atoms with van der Waals surface area (Å²) < 4.78 is 5.46. The Balaban J connectivity index is 1.84. The van der Waals surface area contributed by atoms with Crippen LogP contribution in [0.25, 0.3) is 0 Å². The first-order valence-corrected chi connectivity index (χ1v) is 8.75. The van der Waals surface area contributed by atoms with Crippen molar-refractivity contribution < 1.29 is 4.74 Å². The van der Waals surface area contributed by atoms with E-state index in [9.17, 15) is 0 Å². The minimum Gasteiger partial charge on any atom is -0.381 e. The maximum Gasteiger partial charge on any atom is 0.191 e. The van der Waals surface area contributed by atoms with E-state index in [0.717, 1.165) is 57.4 Å². The van der Waals surface area contributed by atoms with Crippen LogP contribution in [0, 0.1) is 5.92 Å². The number of methoxy groups -OCH3 is 1. The number of hydrogen-bond acceptors (Lipinski definition) is 3. The van der Waals surface area contributed by atoms with Gasteiger partial charge in [-0.2, -0.15) is 0 Å². The molecule has 0 aromatic rings. The van der Waals surface area contributed by atoms with Gasteiger partial charge in [-0.3, -0.25) is 9.89 Å². The molecule has 2 heterocycles. The second-order valence-electron chi connectivity index (χ2n) is 7.58. The minimum absolute atomic E-state index is 0.0619. The fourth-order valence-corrected chi connectivity index (χ4v) is 3.41. The number of nitrogens with zero attached hydrogens (tertiary/aromatic N) is 3. The average Bonchev–Trinajstić information content (AvgIpc) is 2.53. The summed E-state index contributed by atoms with van der Waals surface area (Å²) in [4.78, 5) is 9.48. The molecule has 128 valence electrons. The van der Waals surface area contributed by atoms with Crippen molar-refractivity contribution in [2.75, 3.05) is 39.8 Å². The van der Waals surface area contributed by atoms with Crippen LogP contribution in [-0.2, 0) is 4.74 Å². The Kier molecular flexibility index (Phi) is 6.09. The molecule has 22 heavy (non-hydrogen) atoms. The van der Waals surface area contributed by atoms with E-state index in [4.69, 9.17) is 15.5 Å². The standard InChI is InChI=1S/C17H34N4O/c1-14-5-9-20(10-6-14)16(18)19-13-17(2,3)21-11-7-15(22-4)8-12-21/h14-15H,5-13H2,1-4H3,(H2,18,19). The van der Waals surface area contributed by atoms with E-state index in [-0.39, 0.29) is 5.54 Å². The maximum absolute atomic E-state index is 6.21. The van der Waals surface area contributed by atoms with Crippen LogP contribution in [0.15, 0.2) is 4.99 Å². The highest BCUT2D eigenvalue weighted by molar-refractivity contribution is 5.78. The molecule has 0 bridgehead atoms. The van der Waals surface area contributed by atoms with Crippen molar-refractivity contribution in [3.63, 3.8) is 0 Å². The van der Waals surface area contributed by atoms with Crippen molar-refractivity contribution >= 4 is 5.96 Å². The lowest BCUT2D eigenvalue weighted by atomic mass is 9.97. The molecule has 2 fully saturated rings. The number of ether oxygens (including phenoxy) is 1. The van der Waals surface area contributed by atoms with Gasteiger partial charge in [0.2, 0.25) is 0 Å². The van der Waals surface area contributed by atoms with Crippen LogP contribution in [-0.4, -0.2) is 67.2 Å². The van der Waals surface area contributed by atoms with Gasteiger partial charge in [-0.1, -0.05) is 6.92 Å². The van der Waals surface area contributed by atoms with Gasteiger partial charge in [0.15, 0.2) is 5.96 Å². The monoisotopic (exact) mass is 310 g/mol. The molecule has 0 aliphatic carbocycles. The summed E-state index contributed by atoms with van der Waals surface area (Å²) in [7, 11) is 1.82. The molecule has 0 amide bonds. The van der Waals surface area contributed by atoms with Gasteiger partial charge in [0, 0.05) is 38.8 Å². The smallest absolute Gasteiger partial charge is 0.191 e. The maximum atomic E-state index is 6.21. The molecule has 0 aromatic heterocycles. The van der Waals surface area contributed by atoms with Gasteiger partial charge in [-0.15, -0.1) is 0 Å². The molecule has 2 N–H and O–H groups in total. The molecular weight excluding hydrogens is 276 g/mol. The SMILES string of the molecule is COC1CCN(C(C)(C)CN=C(N)N2CCC(C)CC2)CC1. The minimum atomic E-state index is 0.0619. The molecular formula is C17H34N4O. The Morgan fingerprint density at radius 1 is 1.14 bits per heavy atom. The number of piperidine rings is 2. The molecule has 2 saturated heterocycles. The van der Waals surface area contributed by atoms with Crippen molar-refractivity contribution in [3.8, 4) is 0 Å². The lowest BCUT2D eigenvalue weighted by Gasteiger charge is -2.42. The lowest BCUT2D eigenvalue weighted by Crippen LogP contribution is -2.52. The third-order valence-corrected chi connectivity index (χ3v) is 5.37. The summed E-state index contributed by atoms with van der Waals surface area (Å²) in [5, 5.41) is 0. The summed E-state index contributed by atoms with van der Waals surface area (Å²) in [6.45, 7) is 11.9. The number of guanidine groups is 1. The van der Waals surface area contributed by atoms with Crippen LogP contribution >= 0.6 is 0 Å². The Bertz CT molecular complexity index is 367. The van der Waals surface area contributed by atoms with Gasteiger partial charge >= 0.3 is 0 Å². The number of rotatable bonds is 4. The summed E-state index contributed by atoms with van der Waals surface area (Å²) in [6.07, 6.45) is 5.11. The molecule has 0 radical (unpaired) electrons. The molecule has 2 aliphatic heterocycles. The molecule has 5 heteroatoms. The average molecular weight is 310 g/mol. The Morgan fingerprint density at radius 3 is 2.27 bits per heavy atom. The molecule has 0 atom stereocenters. The van der Waals surface area contributed by atoms with E-state index < -0.39 is 0 Å². The van der Waals surface area contributed by atoms with Crippen LogP contribution in [0.3, 0.4) is 0 Å². The second-order valence-corrected chi connectivity index (χ2v) is 7.58. The third-order valence-electron chi connectivity index (χ3n) is 5.37. The van der Waals surface area contributed by atoms with E-state index in [1.807, 2.05) is 7.11 Å². The summed E-state index contributed by atoms with van der Waals surface area (Å²) in [5.74, 6) is 1.55. The second kappa shape index (κ2) is 7.64. The zero-order valence-electron chi connectivity index (χ0n) is 14.8. The number of nitrogens with two attached hydrogens (primary N) is 1. The first-order chi connectivity index (χ1) is 10.4. The van der Waals surface area contributed by atoms with Crippen molar-refractivity contribution in [3.05, 3.63) is 0 Å². The zero-order chi connectivity index (χ0) is 16.2. The van der Waals surface area contributed by atoms with Gasteiger partial charge < -0.3 is 15.4 Å². The largest absolute Gasteiger partial charge is 0.381 e. The zero-order valence-corrected chi connectivity index (χ0v) is 14.8. The van der Waals surface area contributed by atoms with E-state index in [0.29, 0.717) is 6.10 Å². The van der Waals surface area contributed by atoms with Crippen LogP contribution in [0.5, 0.6) is 0 Å². The van der Waals surface area contributed by atoms with E-state index >= 15 is 0 Å². The first-order valence-electron chi connectivity index (χ1n) is 8.75. The van der Waals surface area contributed by atoms with E-state index in [2.05, 4.69) is 30.6 Å². The fraction of sp³-hybridized carbons (Fsp3) is 0.941. The third kappa shape index (κ3) is 4.59. The number of likely N-dealkylation sites (tertiary alicyclic amines) is 2. The van der Waals surface area contributed by atoms with Crippen LogP contribution in [0.1, 0.15) is 46.5 Å². The van der Waals surface area contributed by atoms with Gasteiger partial charge in [0.05, 0.1) is 12.6 Å². The quantitative estimate of drug-likeness (QED) is 0.637. The van der Waals surface area contributed by atoms with E-state index in [1.54, 1.807) is 0 Å². The highest BCUT2D eigenvalue weighted by Crippen LogP contribution is 2.22. The number of aliphatic imine (C=N–C) groups is 1. The lowest BCUT2D eigenvalue weighted by molar-refractivity contribution is 0.00904. The number of hydrogen-bond donors (Lipinski definition) is 1. The molecule has 2 rings (SSSR count). The molecule has 0 spiro atoms. The molecule has 2 aliphatic rings. The normalized spacial score (nSPS) is 24.0. The van der Waals surface area contributed by atoms with Crippen LogP contribution in [0.2, 0.25) is 0 Å². The van der Waals surface area contributed by atoms with Gasteiger partial charge in [-0.05, 0) is 45.4 Å². The Hall–Kier alpha value is -0.810. The molecule has 0 saturated carbocycles. The van der Waals surface area contributed by atoms with Gasteiger partial charge in [-0.25, -0.2) is 0 Å². The van der Waals surface area contributed by atoms with Crippen LogP contribution in [0.4, 0.5) is 0 Å². The van der Waals surface area contributed by atoms with Crippen LogP contribution < -0.4 is 5.73 Å². The first kappa shape index (κ1) is 17.5. The van der Waals surface area contributed by atoms with E-state index in [1.165, 1.54) is 12.8 Å². The molecule has 0 unspecified atom stereocenters. The molecule has 5 nitrogen and oxygen atoms in total. The van der Waals surface area contributed by atoms with Crippen molar-refractivity contribution in [1.82, 2.24) is 9.80 Å². The Morgan fingerprint density at radius 2 is 1.73 bits per heavy atom. The van der Waals surface area contributed by atoms with Gasteiger partial charge in [0.1, 0.15) is 0 Å². The predicted molar refractivity (Wildman–Crippen MR) is 92.1 cm³/mol. The Labute approximate surface area is 135 Å². The highest BCUT2D eigenvalue weighted by Gasteiger charge is 2.30. The summed E-state index contributed by atoms with van der Waals surface area (Å²) >= 11 is 0. The van der Waals surface area contributed by atoms with Crippen molar-refractivity contribution in [1.29, 1.82) is 0 Å². The van der Waals surface area contributed by atoms with Crippen molar-refractivity contribution in [2.24, 2.45) is 16.6 Å². The topological polar surface area (TPSA) is 54.1 Å². The summed E-state index contributed by atoms with van der Waals surface area (Å²) in [5.41, 5.74) is 6.27.